The molecule has 34 heavy (non-hydrogen) atoms. The summed E-state index contributed by atoms with van der Waals surface area (Å²) >= 11 is 0. The van der Waals surface area contributed by atoms with E-state index in [9.17, 15) is 14.7 Å². The van der Waals surface area contributed by atoms with Crippen molar-refractivity contribution in [1.29, 1.82) is 5.26 Å². The number of aliphatic hydroxyl groups is 1. The third-order valence-electron chi connectivity index (χ3n) is 6.27. The van der Waals surface area contributed by atoms with Crippen molar-refractivity contribution in [2.45, 2.75) is 44.6 Å². The predicted octanol–water partition coefficient (Wildman–Crippen LogP) is 2.87. The quantitative estimate of drug-likeness (QED) is 0.543. The second-order valence-corrected chi connectivity index (χ2v) is 9.05. The number of nitrogens with zero attached hydrogens (tertiary/aromatic N) is 2. The molecule has 0 spiro atoms. The number of aryl methyl sites for hydroxylation is 2. The summed E-state index contributed by atoms with van der Waals surface area (Å²) in [4.78, 5) is 22.4. The van der Waals surface area contributed by atoms with Gasteiger partial charge in [-0.2, -0.15) is 5.26 Å². The first-order chi connectivity index (χ1) is 16.2. The topological polar surface area (TPSA) is 134 Å². The Bertz CT molecular complexity index is 1220. The van der Waals surface area contributed by atoms with E-state index in [0.717, 1.165) is 41.6 Å². The normalized spacial score (nSPS) is 20.5. The molecule has 8 nitrogen and oxygen atoms in total. The average Bonchev–Trinajstić information content (AvgIpc) is 3.09. The molecule has 0 bridgehead atoms. The Morgan fingerprint density at radius 1 is 1.26 bits per heavy atom. The van der Waals surface area contributed by atoms with E-state index in [4.69, 9.17) is 15.4 Å². The fourth-order valence-electron chi connectivity index (χ4n) is 3.96. The molecule has 1 aliphatic heterocycles. The molecule has 180 valence electrons. The zero-order valence-electron chi connectivity index (χ0n) is 19.7. The minimum absolute atomic E-state index is 0.133. The van der Waals surface area contributed by atoms with Crippen molar-refractivity contribution in [3.8, 4) is 17.2 Å². The number of hydrogen-bond acceptors (Lipinski definition) is 6. The molecule has 1 aliphatic rings. The van der Waals surface area contributed by atoms with Crippen molar-refractivity contribution in [3.05, 3.63) is 58.6 Å². The molecule has 8 heteroatoms. The Morgan fingerprint density at radius 2 is 1.97 bits per heavy atom. The molecular weight excluding hydrogens is 432 g/mol. The molecule has 2 atom stereocenters. The molecule has 2 aromatic carbocycles. The maximum Gasteiger partial charge on any atom is 0.419 e. The fourth-order valence-corrected chi connectivity index (χ4v) is 3.96. The van der Waals surface area contributed by atoms with Gasteiger partial charge in [0.1, 0.15) is 0 Å². The van der Waals surface area contributed by atoms with Crippen LogP contribution in [0.15, 0.2) is 51.7 Å². The maximum atomic E-state index is 11.5. The molecule has 0 aliphatic carbocycles. The van der Waals surface area contributed by atoms with Crippen molar-refractivity contribution in [1.82, 2.24) is 9.88 Å². The molecule has 1 saturated heterocycles. The summed E-state index contributed by atoms with van der Waals surface area (Å²) in [5, 5.41) is 21.5. The van der Waals surface area contributed by atoms with Crippen LogP contribution in [0.3, 0.4) is 0 Å². The highest BCUT2D eigenvalue weighted by atomic mass is 16.4. The SMILES string of the molecule is CC1(O)CCNCC(C(N)=O)CC1.Cn1c(=O)oc2ccc(-c3ccc(CCC#N)cc3)cc21. The number of oxazole rings is 1. The van der Waals surface area contributed by atoms with E-state index in [0.29, 0.717) is 31.4 Å². The number of hydrogen-bond donors (Lipinski definition) is 3. The summed E-state index contributed by atoms with van der Waals surface area (Å²) in [6.45, 7) is 3.19. The second-order valence-electron chi connectivity index (χ2n) is 9.05. The molecule has 2 heterocycles. The molecule has 4 rings (SSSR count). The highest BCUT2D eigenvalue weighted by Crippen LogP contribution is 2.24. The van der Waals surface area contributed by atoms with Crippen molar-refractivity contribution in [2.24, 2.45) is 18.7 Å². The number of benzene rings is 2. The maximum absolute atomic E-state index is 11.5. The number of carbonyl (C=O) groups is 1. The van der Waals surface area contributed by atoms with Crippen molar-refractivity contribution in [2.75, 3.05) is 13.1 Å². The molecule has 1 aromatic heterocycles. The number of rotatable bonds is 4. The first-order valence-electron chi connectivity index (χ1n) is 11.5. The van der Waals surface area contributed by atoms with Gasteiger partial charge >= 0.3 is 5.76 Å². The monoisotopic (exact) mass is 464 g/mol. The van der Waals surface area contributed by atoms with E-state index < -0.39 is 5.60 Å². The lowest BCUT2D eigenvalue weighted by molar-refractivity contribution is -0.122. The molecule has 4 N–H and O–H groups in total. The number of nitriles is 1. The number of carbonyl (C=O) groups excluding carboxylic acids is 1. The lowest BCUT2D eigenvalue weighted by atomic mass is 9.89. The van der Waals surface area contributed by atoms with Crippen LogP contribution in [0.4, 0.5) is 0 Å². The van der Waals surface area contributed by atoms with E-state index in [1.54, 1.807) is 14.0 Å². The molecular formula is C26H32N4O4. The van der Waals surface area contributed by atoms with E-state index >= 15 is 0 Å². The Hall–Kier alpha value is -3.41. The van der Waals surface area contributed by atoms with Gasteiger partial charge in [0.25, 0.3) is 0 Å². The van der Waals surface area contributed by atoms with Gasteiger partial charge in [0.2, 0.25) is 5.91 Å². The van der Waals surface area contributed by atoms with Crippen LogP contribution in [0, 0.1) is 17.2 Å². The number of amides is 1. The van der Waals surface area contributed by atoms with Crippen LogP contribution < -0.4 is 16.8 Å². The van der Waals surface area contributed by atoms with Gasteiger partial charge in [0, 0.05) is 20.0 Å². The summed E-state index contributed by atoms with van der Waals surface area (Å²) in [7, 11) is 1.70. The van der Waals surface area contributed by atoms with E-state index in [-0.39, 0.29) is 17.6 Å². The number of fused-ring (bicyclic) bond motifs is 1. The van der Waals surface area contributed by atoms with Gasteiger partial charge in [0.05, 0.1) is 23.1 Å². The first kappa shape index (κ1) is 25.2. The fraction of sp³-hybridized carbons (Fsp3) is 0.423. The van der Waals surface area contributed by atoms with Gasteiger partial charge in [-0.05, 0) is 68.0 Å². The van der Waals surface area contributed by atoms with Gasteiger partial charge in [-0.15, -0.1) is 0 Å². The summed E-state index contributed by atoms with van der Waals surface area (Å²) in [5.74, 6) is -0.758. The largest absolute Gasteiger partial charge is 0.419 e. The third kappa shape index (κ3) is 6.56. The molecule has 0 radical (unpaired) electrons. The Labute approximate surface area is 199 Å². The van der Waals surface area contributed by atoms with Crippen molar-refractivity contribution >= 4 is 17.0 Å². The van der Waals surface area contributed by atoms with E-state index in [2.05, 4.69) is 11.4 Å². The summed E-state index contributed by atoms with van der Waals surface area (Å²) in [6.07, 6.45) is 3.37. The van der Waals surface area contributed by atoms with E-state index in [1.807, 2.05) is 42.5 Å². The highest BCUT2D eigenvalue weighted by molar-refractivity contribution is 5.80. The lowest BCUT2D eigenvalue weighted by Crippen LogP contribution is -2.40. The standard InChI is InChI=1S/C17H14N2O2.C9H18N2O2/c1-19-15-11-14(8-9-16(15)21-17(19)20)13-6-4-12(5-7-13)3-2-10-18;1-9(13)3-2-7(8(10)12)6-11-5-4-9/h4-9,11H,2-3H2,1H3;7,11,13H,2-6H2,1H3,(H2,10,12). The summed E-state index contributed by atoms with van der Waals surface area (Å²) in [5.41, 5.74) is 9.20. The number of aromatic nitrogens is 1. The molecule has 0 saturated carbocycles. The lowest BCUT2D eigenvalue weighted by Gasteiger charge is -2.28. The molecule has 1 amide bonds. The second kappa shape index (κ2) is 11.1. The predicted molar refractivity (Wildman–Crippen MR) is 131 cm³/mol. The number of nitrogens with one attached hydrogen (secondary N) is 1. The smallest absolute Gasteiger partial charge is 0.408 e. The zero-order valence-corrected chi connectivity index (χ0v) is 19.7. The third-order valence-corrected chi connectivity index (χ3v) is 6.27. The molecule has 2 unspecified atom stereocenters. The van der Waals surface area contributed by atoms with Crippen LogP contribution >= 0.6 is 0 Å². The van der Waals surface area contributed by atoms with Gasteiger partial charge in [-0.25, -0.2) is 4.79 Å². The van der Waals surface area contributed by atoms with Crippen molar-refractivity contribution in [3.63, 3.8) is 0 Å². The Balaban J connectivity index is 0.000000215. The number of nitrogens with two attached hydrogens (primary N) is 1. The molecule has 3 aromatic rings. The first-order valence-corrected chi connectivity index (χ1v) is 11.5. The van der Waals surface area contributed by atoms with Gasteiger partial charge in [-0.1, -0.05) is 30.3 Å². The van der Waals surface area contributed by atoms with E-state index in [1.165, 1.54) is 4.57 Å². The Kier molecular flexibility index (Phi) is 8.26. The molecule has 1 fully saturated rings. The number of primary amides is 1. The average molecular weight is 465 g/mol. The van der Waals surface area contributed by atoms with Crippen LogP contribution in [-0.2, 0) is 18.3 Å². The van der Waals surface area contributed by atoms with Crippen LogP contribution in [0.1, 0.15) is 38.2 Å². The highest BCUT2D eigenvalue weighted by Gasteiger charge is 2.26. The van der Waals surface area contributed by atoms with Crippen LogP contribution in [-0.4, -0.2) is 34.3 Å². The van der Waals surface area contributed by atoms with Gasteiger partial charge in [0.15, 0.2) is 5.58 Å². The Morgan fingerprint density at radius 3 is 2.65 bits per heavy atom. The summed E-state index contributed by atoms with van der Waals surface area (Å²) in [6, 6.07) is 16.0. The van der Waals surface area contributed by atoms with Gasteiger partial charge in [-0.3, -0.25) is 9.36 Å². The van der Waals surface area contributed by atoms with Crippen LogP contribution in [0.2, 0.25) is 0 Å². The summed E-state index contributed by atoms with van der Waals surface area (Å²) < 4.78 is 6.63. The van der Waals surface area contributed by atoms with Crippen LogP contribution in [0.5, 0.6) is 0 Å². The zero-order chi connectivity index (χ0) is 24.7. The van der Waals surface area contributed by atoms with Crippen molar-refractivity contribution < 1.29 is 14.3 Å². The van der Waals surface area contributed by atoms with Gasteiger partial charge < -0.3 is 20.6 Å². The minimum atomic E-state index is -0.652. The van der Waals surface area contributed by atoms with Crippen LogP contribution in [0.25, 0.3) is 22.2 Å². The minimum Gasteiger partial charge on any atom is -0.408 e.